The number of allylic oxidation sites excluding steroid dienone is 1. The van der Waals surface area contributed by atoms with Crippen molar-refractivity contribution in [3.8, 4) is 18.1 Å². The third kappa shape index (κ3) is 7.97. The third-order valence-electron chi connectivity index (χ3n) is 4.70. The number of hydrogen-bond acceptors (Lipinski definition) is 5. The van der Waals surface area contributed by atoms with Crippen molar-refractivity contribution in [1.82, 2.24) is 5.32 Å². The third-order valence-corrected chi connectivity index (χ3v) is 4.70. The number of halogens is 7. The first-order valence-corrected chi connectivity index (χ1v) is 10.3. The Balaban J connectivity index is 2.59. The molecule has 0 atom stereocenters. The number of carbonyl (C=O) groups excluding carboxylic acids is 1. The molecule has 6 nitrogen and oxygen atoms in total. The van der Waals surface area contributed by atoms with Gasteiger partial charge in [0.2, 0.25) is 0 Å². The van der Waals surface area contributed by atoms with E-state index in [4.69, 9.17) is 21.3 Å². The van der Waals surface area contributed by atoms with Gasteiger partial charge in [-0.15, -0.1) is 6.42 Å². The lowest BCUT2D eigenvalue weighted by Crippen LogP contribution is -2.30. The fourth-order valence-electron chi connectivity index (χ4n) is 2.89. The SMILES string of the molecule is C#CCOCCN/C=C(\C=N)c1cc(C(F)(F)F)cc(C(F)(F)F)c1OC(=O)N(C)c1ccc(F)cc1. The Morgan fingerprint density at radius 2 is 1.78 bits per heavy atom. The molecule has 0 aromatic heterocycles. The van der Waals surface area contributed by atoms with E-state index in [1.165, 1.54) is 0 Å². The zero-order valence-electron chi connectivity index (χ0n) is 19.1. The molecule has 37 heavy (non-hydrogen) atoms. The van der Waals surface area contributed by atoms with Crippen molar-refractivity contribution < 1.29 is 45.0 Å². The van der Waals surface area contributed by atoms with Crippen molar-refractivity contribution in [3.05, 3.63) is 65.1 Å². The summed E-state index contributed by atoms with van der Waals surface area (Å²) >= 11 is 0. The Kier molecular flexibility index (Phi) is 9.67. The first-order chi connectivity index (χ1) is 17.3. The topological polar surface area (TPSA) is 74.6 Å². The van der Waals surface area contributed by atoms with Crippen LogP contribution in [0.25, 0.3) is 5.57 Å². The summed E-state index contributed by atoms with van der Waals surface area (Å²) in [5, 5.41) is 10.2. The first-order valence-electron chi connectivity index (χ1n) is 10.3. The fraction of sp³-hybridized carbons (Fsp3) is 0.250. The molecular weight excluding hydrogens is 511 g/mol. The number of nitrogens with one attached hydrogen (secondary N) is 2. The summed E-state index contributed by atoms with van der Waals surface area (Å²) in [6, 6.07) is 4.40. The summed E-state index contributed by atoms with van der Waals surface area (Å²) < 4.78 is 105. The van der Waals surface area contributed by atoms with Crippen molar-refractivity contribution in [2.24, 2.45) is 0 Å². The summed E-state index contributed by atoms with van der Waals surface area (Å²) in [7, 11) is 1.11. The predicted molar refractivity (Wildman–Crippen MR) is 122 cm³/mol. The molecule has 0 heterocycles. The van der Waals surface area contributed by atoms with E-state index in [-0.39, 0.29) is 31.5 Å². The zero-order valence-corrected chi connectivity index (χ0v) is 19.1. The van der Waals surface area contributed by atoms with Gasteiger partial charge in [-0.1, -0.05) is 5.92 Å². The van der Waals surface area contributed by atoms with E-state index in [9.17, 15) is 35.5 Å². The van der Waals surface area contributed by atoms with Crippen LogP contribution in [-0.4, -0.2) is 39.1 Å². The molecule has 0 bridgehead atoms. The van der Waals surface area contributed by atoms with Gasteiger partial charge in [0.15, 0.2) is 5.75 Å². The number of rotatable bonds is 9. The Bertz CT molecular complexity index is 1180. The summed E-state index contributed by atoms with van der Waals surface area (Å²) in [4.78, 5) is 13.4. The minimum Gasteiger partial charge on any atom is -0.409 e. The van der Waals surface area contributed by atoms with Gasteiger partial charge in [0.25, 0.3) is 0 Å². The van der Waals surface area contributed by atoms with E-state index in [1.54, 1.807) is 0 Å². The number of ether oxygens (including phenoxy) is 2. The predicted octanol–water partition coefficient (Wildman–Crippen LogP) is 5.73. The van der Waals surface area contributed by atoms with E-state index in [0.717, 1.165) is 42.4 Å². The van der Waals surface area contributed by atoms with Gasteiger partial charge in [-0.05, 0) is 36.4 Å². The number of carbonyl (C=O) groups is 1. The molecule has 0 aliphatic heterocycles. The summed E-state index contributed by atoms with van der Waals surface area (Å²) in [5.41, 5.74) is -4.81. The number of alkyl halides is 6. The van der Waals surface area contributed by atoms with Crippen LogP contribution in [0.4, 0.5) is 41.2 Å². The summed E-state index contributed by atoms with van der Waals surface area (Å²) in [6.45, 7) is 0.0757. The van der Waals surface area contributed by atoms with E-state index in [2.05, 4.69) is 11.2 Å². The molecule has 1 amide bonds. The second-order valence-corrected chi connectivity index (χ2v) is 7.25. The van der Waals surface area contributed by atoms with Crippen molar-refractivity contribution in [2.75, 3.05) is 31.7 Å². The second-order valence-electron chi connectivity index (χ2n) is 7.25. The standard InChI is InChI=1S/C24H20F7N3O3/c1-3-9-36-10-8-33-14-15(13-32)19-11-16(23(26,27)28)12-20(24(29,30)31)21(19)37-22(35)34(2)18-6-4-17(25)5-7-18/h1,4-7,11-14,32-33H,8-10H2,2H3/b15-14+,32-13?. The highest BCUT2D eigenvalue weighted by Crippen LogP contribution is 2.44. The first kappa shape index (κ1) is 29.2. The number of benzene rings is 2. The van der Waals surface area contributed by atoms with Crippen LogP contribution < -0.4 is 15.0 Å². The average Bonchev–Trinajstić information content (AvgIpc) is 2.82. The van der Waals surface area contributed by atoms with Crippen LogP contribution in [0, 0.1) is 23.6 Å². The molecule has 0 saturated carbocycles. The van der Waals surface area contributed by atoms with Crippen molar-refractivity contribution >= 4 is 23.6 Å². The number of amides is 1. The molecule has 0 unspecified atom stereocenters. The lowest BCUT2D eigenvalue weighted by Gasteiger charge is -2.22. The molecule has 0 aliphatic rings. The van der Waals surface area contributed by atoms with Crippen molar-refractivity contribution in [1.29, 1.82) is 5.41 Å². The highest BCUT2D eigenvalue weighted by atomic mass is 19.4. The van der Waals surface area contributed by atoms with E-state index >= 15 is 0 Å². The largest absolute Gasteiger partial charge is 0.420 e. The van der Waals surface area contributed by atoms with Crippen molar-refractivity contribution in [2.45, 2.75) is 12.4 Å². The molecule has 0 fully saturated rings. The Hall–Kier alpha value is -4.05. The van der Waals surface area contributed by atoms with Gasteiger partial charge in [0.1, 0.15) is 12.4 Å². The Morgan fingerprint density at radius 3 is 2.32 bits per heavy atom. The van der Waals surface area contributed by atoms with Crippen LogP contribution >= 0.6 is 0 Å². The van der Waals surface area contributed by atoms with Crippen LogP contribution in [-0.2, 0) is 17.1 Å². The quantitative estimate of drug-likeness (QED) is 0.188. The average molecular weight is 531 g/mol. The lowest BCUT2D eigenvalue weighted by molar-refractivity contribution is -0.143. The monoisotopic (exact) mass is 531 g/mol. The number of hydrogen-bond donors (Lipinski definition) is 2. The fourth-order valence-corrected chi connectivity index (χ4v) is 2.89. The molecule has 2 rings (SSSR count). The van der Waals surface area contributed by atoms with Crippen LogP contribution in [0.5, 0.6) is 5.75 Å². The highest BCUT2D eigenvalue weighted by molar-refractivity contribution is 6.10. The van der Waals surface area contributed by atoms with Gasteiger partial charge in [-0.25, -0.2) is 9.18 Å². The molecule has 0 saturated heterocycles. The normalized spacial score (nSPS) is 12.0. The van der Waals surface area contributed by atoms with Gasteiger partial charge in [-0.3, -0.25) is 4.90 Å². The Labute approximate surface area is 207 Å². The molecule has 13 heteroatoms. The number of anilines is 1. The van der Waals surface area contributed by atoms with Gasteiger partial charge < -0.3 is 20.2 Å². The van der Waals surface area contributed by atoms with Crippen molar-refractivity contribution in [3.63, 3.8) is 0 Å². The van der Waals surface area contributed by atoms with Gasteiger partial charge >= 0.3 is 18.4 Å². The van der Waals surface area contributed by atoms with E-state index < -0.39 is 52.3 Å². The van der Waals surface area contributed by atoms with Crippen LogP contribution in [0.15, 0.2) is 42.6 Å². The highest BCUT2D eigenvalue weighted by Gasteiger charge is 2.41. The molecule has 2 N–H and O–H groups in total. The number of nitrogens with zero attached hydrogens (tertiary/aromatic N) is 1. The zero-order chi connectivity index (χ0) is 27.8. The van der Waals surface area contributed by atoms with Gasteiger partial charge in [0, 0.05) is 42.8 Å². The van der Waals surface area contributed by atoms with Gasteiger partial charge in [-0.2, -0.15) is 26.3 Å². The molecule has 0 radical (unpaired) electrons. The summed E-state index contributed by atoms with van der Waals surface area (Å²) in [6.07, 6.45) is -5.47. The molecular formula is C24H20F7N3O3. The minimum absolute atomic E-state index is 0.0208. The maximum absolute atomic E-state index is 13.9. The molecule has 2 aromatic carbocycles. The van der Waals surface area contributed by atoms with Gasteiger partial charge in [0.05, 0.1) is 17.7 Å². The van der Waals surface area contributed by atoms with Crippen LogP contribution in [0.1, 0.15) is 16.7 Å². The molecule has 0 spiro atoms. The second kappa shape index (κ2) is 12.3. The lowest BCUT2D eigenvalue weighted by atomic mass is 9.98. The van der Waals surface area contributed by atoms with E-state index in [0.29, 0.717) is 12.3 Å². The summed E-state index contributed by atoms with van der Waals surface area (Å²) in [5.74, 6) is 0.313. The van der Waals surface area contributed by atoms with Crippen LogP contribution in [0.2, 0.25) is 0 Å². The molecule has 2 aromatic rings. The maximum atomic E-state index is 13.9. The number of terminal acetylenes is 1. The van der Waals surface area contributed by atoms with Crippen LogP contribution in [0.3, 0.4) is 0 Å². The molecule has 198 valence electrons. The molecule has 0 aliphatic carbocycles. The Morgan fingerprint density at radius 1 is 1.14 bits per heavy atom. The maximum Gasteiger partial charge on any atom is 0.420 e. The smallest absolute Gasteiger partial charge is 0.409 e. The van der Waals surface area contributed by atoms with E-state index in [1.807, 2.05) is 0 Å². The minimum atomic E-state index is -5.37.